The zero-order valence-electron chi connectivity index (χ0n) is 17.8. The van der Waals surface area contributed by atoms with Crippen molar-refractivity contribution in [1.29, 1.82) is 0 Å². The molecule has 1 aliphatic carbocycles. The zero-order valence-corrected chi connectivity index (χ0v) is 18.7. The van der Waals surface area contributed by atoms with Crippen LogP contribution in [0.2, 0.25) is 0 Å². The predicted molar refractivity (Wildman–Crippen MR) is 126 cm³/mol. The third-order valence-corrected chi connectivity index (χ3v) is 6.82. The van der Waals surface area contributed by atoms with E-state index in [0.717, 1.165) is 40.8 Å². The van der Waals surface area contributed by atoms with Crippen molar-refractivity contribution in [3.05, 3.63) is 69.3 Å². The minimum Gasteiger partial charge on any atom is -0.493 e. The number of rotatable bonds is 7. The lowest BCUT2D eigenvalue weighted by atomic mass is 9.97. The number of nitrogens with one attached hydrogen (secondary N) is 1. The molecule has 0 amide bonds. The highest BCUT2D eigenvalue weighted by Crippen LogP contribution is 2.34. The minimum atomic E-state index is -0.0433. The van der Waals surface area contributed by atoms with Gasteiger partial charge in [0.25, 0.3) is 5.56 Å². The first-order valence-corrected chi connectivity index (χ1v) is 11.6. The van der Waals surface area contributed by atoms with Crippen molar-refractivity contribution in [1.82, 2.24) is 9.97 Å². The maximum absolute atomic E-state index is 12.8. The summed E-state index contributed by atoms with van der Waals surface area (Å²) in [5.41, 5.74) is 2.02. The molecule has 6 nitrogen and oxygen atoms in total. The highest BCUT2D eigenvalue weighted by Gasteiger charge is 2.20. The van der Waals surface area contributed by atoms with Crippen molar-refractivity contribution in [2.45, 2.75) is 25.7 Å². The van der Waals surface area contributed by atoms with Crippen molar-refractivity contribution in [2.24, 2.45) is 0 Å². The quantitative estimate of drug-likeness (QED) is 0.403. The van der Waals surface area contributed by atoms with E-state index in [1.807, 2.05) is 48.5 Å². The number of benzene rings is 2. The van der Waals surface area contributed by atoms with E-state index >= 15 is 0 Å². The lowest BCUT2D eigenvalue weighted by Gasteiger charge is -2.11. The molecule has 0 saturated heterocycles. The van der Waals surface area contributed by atoms with Crippen molar-refractivity contribution in [3.8, 4) is 28.6 Å². The first-order valence-electron chi connectivity index (χ1n) is 10.8. The summed E-state index contributed by atoms with van der Waals surface area (Å²) in [6.45, 7) is 0.801. The molecule has 1 N–H and O–H groups in total. The number of fused-ring (bicyclic) bond motifs is 3. The van der Waals surface area contributed by atoms with Crippen LogP contribution in [-0.4, -0.2) is 30.3 Å². The summed E-state index contributed by atoms with van der Waals surface area (Å²) in [6, 6.07) is 15.1. The van der Waals surface area contributed by atoms with Crippen LogP contribution >= 0.6 is 11.3 Å². The first kappa shape index (κ1) is 20.6. The number of para-hydroxylation sites is 2. The summed E-state index contributed by atoms with van der Waals surface area (Å²) in [7, 11) is 1.62. The third kappa shape index (κ3) is 4.08. The maximum atomic E-state index is 12.8. The Kier molecular flexibility index (Phi) is 5.81. The lowest BCUT2D eigenvalue weighted by Crippen LogP contribution is -2.11. The van der Waals surface area contributed by atoms with Crippen molar-refractivity contribution in [3.63, 3.8) is 0 Å². The second-order valence-electron chi connectivity index (χ2n) is 7.68. The van der Waals surface area contributed by atoms with Gasteiger partial charge in [0, 0.05) is 10.4 Å². The summed E-state index contributed by atoms with van der Waals surface area (Å²) in [4.78, 5) is 22.7. The van der Waals surface area contributed by atoms with Gasteiger partial charge in [-0.2, -0.15) is 0 Å². The highest BCUT2D eigenvalue weighted by atomic mass is 32.1. The van der Waals surface area contributed by atoms with Crippen LogP contribution in [0.3, 0.4) is 0 Å². The van der Waals surface area contributed by atoms with Gasteiger partial charge in [0.1, 0.15) is 29.6 Å². The fourth-order valence-electron chi connectivity index (χ4n) is 4.06. The van der Waals surface area contributed by atoms with Crippen molar-refractivity contribution < 1.29 is 14.2 Å². The average molecular weight is 449 g/mol. The normalized spacial score (nSPS) is 13.0. The Morgan fingerprint density at radius 2 is 1.72 bits per heavy atom. The van der Waals surface area contributed by atoms with Crippen LogP contribution in [0.15, 0.2) is 53.3 Å². The van der Waals surface area contributed by atoms with Crippen LogP contribution in [0.4, 0.5) is 0 Å². The molecule has 32 heavy (non-hydrogen) atoms. The summed E-state index contributed by atoms with van der Waals surface area (Å²) in [6.07, 6.45) is 4.37. The summed E-state index contributed by atoms with van der Waals surface area (Å²) < 4.78 is 16.8. The molecule has 0 radical (unpaired) electrons. The van der Waals surface area contributed by atoms with Gasteiger partial charge in [-0.15, -0.1) is 11.3 Å². The number of nitrogens with zero attached hydrogens (tertiary/aromatic N) is 1. The Labute approximate surface area is 189 Å². The van der Waals surface area contributed by atoms with Gasteiger partial charge in [-0.1, -0.05) is 12.1 Å². The van der Waals surface area contributed by atoms with Gasteiger partial charge in [-0.3, -0.25) is 4.79 Å². The predicted octanol–water partition coefficient (Wildman–Crippen LogP) is 5.00. The molecule has 0 unspecified atom stereocenters. The van der Waals surface area contributed by atoms with Crippen LogP contribution < -0.4 is 19.8 Å². The SMILES string of the molecule is COc1ccccc1OCCOc1ccc(-c2nc3sc4c(c3c(=O)[nH]2)CCCC4)cc1. The molecule has 4 aromatic rings. The van der Waals surface area contributed by atoms with E-state index in [4.69, 9.17) is 19.2 Å². The number of ether oxygens (including phenoxy) is 3. The molecule has 0 aliphatic heterocycles. The molecule has 2 heterocycles. The number of aromatic nitrogens is 2. The minimum absolute atomic E-state index is 0.0433. The molecule has 5 rings (SSSR count). The van der Waals surface area contributed by atoms with Crippen LogP contribution in [0.5, 0.6) is 17.2 Å². The molecule has 2 aromatic heterocycles. The maximum Gasteiger partial charge on any atom is 0.260 e. The molecule has 1 aliphatic rings. The summed E-state index contributed by atoms with van der Waals surface area (Å²) in [5.74, 6) is 2.70. The van der Waals surface area contributed by atoms with Gasteiger partial charge >= 0.3 is 0 Å². The standard InChI is InChI=1S/C25H24N2O4S/c1-29-19-7-3-4-8-20(19)31-15-14-30-17-12-10-16(11-13-17)23-26-24(28)22-18-6-2-5-9-21(18)32-25(22)27-23/h3-4,7-8,10-13H,2,5-6,9,14-15H2,1H3,(H,26,27,28). The Morgan fingerprint density at radius 1 is 0.969 bits per heavy atom. The van der Waals surface area contributed by atoms with Crippen LogP contribution in [0, 0.1) is 0 Å². The molecular formula is C25H24N2O4S. The van der Waals surface area contributed by atoms with Gasteiger partial charge in [0.2, 0.25) is 0 Å². The van der Waals surface area contributed by atoms with E-state index in [9.17, 15) is 4.79 Å². The zero-order chi connectivity index (χ0) is 21.9. The summed E-state index contributed by atoms with van der Waals surface area (Å²) in [5, 5.41) is 0.781. The van der Waals surface area contributed by atoms with E-state index in [1.54, 1.807) is 18.4 Å². The fraction of sp³-hybridized carbons (Fsp3) is 0.280. The van der Waals surface area contributed by atoms with E-state index in [-0.39, 0.29) is 5.56 Å². The first-order chi connectivity index (χ1) is 15.7. The number of thiophene rings is 1. The topological polar surface area (TPSA) is 73.4 Å². The molecule has 164 valence electrons. The largest absolute Gasteiger partial charge is 0.493 e. The van der Waals surface area contributed by atoms with Gasteiger partial charge in [-0.05, 0) is 67.6 Å². The second kappa shape index (κ2) is 9.04. The fourth-order valence-corrected chi connectivity index (χ4v) is 5.32. The van der Waals surface area contributed by atoms with Gasteiger partial charge < -0.3 is 19.2 Å². The number of aromatic amines is 1. The molecule has 2 aromatic carbocycles. The molecular weight excluding hydrogens is 424 g/mol. The Morgan fingerprint density at radius 3 is 2.53 bits per heavy atom. The molecule has 0 spiro atoms. The number of H-pyrrole nitrogens is 1. The van der Waals surface area contributed by atoms with Crippen LogP contribution in [0.25, 0.3) is 21.6 Å². The molecule has 0 saturated carbocycles. The Balaban J connectivity index is 1.25. The van der Waals surface area contributed by atoms with Gasteiger partial charge in [-0.25, -0.2) is 4.98 Å². The van der Waals surface area contributed by atoms with E-state index in [1.165, 1.54) is 16.9 Å². The highest BCUT2D eigenvalue weighted by molar-refractivity contribution is 7.18. The monoisotopic (exact) mass is 448 g/mol. The lowest BCUT2D eigenvalue weighted by molar-refractivity contribution is 0.211. The van der Waals surface area contributed by atoms with E-state index < -0.39 is 0 Å². The van der Waals surface area contributed by atoms with Gasteiger partial charge in [0.05, 0.1) is 12.5 Å². The molecule has 0 atom stereocenters. The Hall–Kier alpha value is -3.32. The molecule has 0 bridgehead atoms. The second-order valence-corrected chi connectivity index (χ2v) is 8.76. The molecule has 0 fully saturated rings. The number of hydrogen-bond donors (Lipinski definition) is 1. The van der Waals surface area contributed by atoms with Crippen LogP contribution in [-0.2, 0) is 12.8 Å². The number of aryl methyl sites for hydroxylation is 2. The molecule has 7 heteroatoms. The third-order valence-electron chi connectivity index (χ3n) is 5.63. The summed E-state index contributed by atoms with van der Waals surface area (Å²) >= 11 is 1.66. The number of hydrogen-bond acceptors (Lipinski definition) is 6. The van der Waals surface area contributed by atoms with E-state index in [0.29, 0.717) is 30.5 Å². The van der Waals surface area contributed by atoms with E-state index in [2.05, 4.69) is 4.98 Å². The smallest absolute Gasteiger partial charge is 0.260 e. The number of methoxy groups -OCH3 is 1. The van der Waals surface area contributed by atoms with Crippen LogP contribution in [0.1, 0.15) is 23.3 Å². The van der Waals surface area contributed by atoms with Crippen molar-refractivity contribution >= 4 is 21.6 Å². The van der Waals surface area contributed by atoms with Crippen molar-refractivity contribution in [2.75, 3.05) is 20.3 Å². The van der Waals surface area contributed by atoms with Gasteiger partial charge in [0.15, 0.2) is 11.5 Å². The average Bonchev–Trinajstić information content (AvgIpc) is 3.21. The Bertz CT molecular complexity index is 1290.